The van der Waals surface area contributed by atoms with Crippen LogP contribution in [0.5, 0.6) is 0 Å². The molecule has 1 aliphatic heterocycles. The summed E-state index contributed by atoms with van der Waals surface area (Å²) >= 11 is 0. The highest BCUT2D eigenvalue weighted by Crippen LogP contribution is 2.63. The van der Waals surface area contributed by atoms with Gasteiger partial charge in [-0.2, -0.15) is 0 Å². The lowest BCUT2D eigenvalue weighted by Crippen LogP contribution is -2.54. The van der Waals surface area contributed by atoms with E-state index >= 15 is 0 Å². The molecule has 3 aliphatic carbocycles. The van der Waals surface area contributed by atoms with Crippen molar-refractivity contribution in [3.05, 3.63) is 0 Å². The van der Waals surface area contributed by atoms with Crippen molar-refractivity contribution in [2.45, 2.75) is 73.6 Å². The predicted molar refractivity (Wildman–Crippen MR) is 91.9 cm³/mol. The van der Waals surface area contributed by atoms with Gasteiger partial charge in [-0.25, -0.2) is 0 Å². The number of fused-ring (bicyclic) bond motifs is 4. The Morgan fingerprint density at radius 1 is 0.826 bits per heavy atom. The van der Waals surface area contributed by atoms with Crippen LogP contribution in [0.15, 0.2) is 0 Å². The minimum absolute atomic E-state index is 0.0255. The van der Waals surface area contributed by atoms with Gasteiger partial charge in [0.25, 0.3) is 0 Å². The molecular weight excluding hydrogens is 286 g/mol. The molecular formula is C20H33NO2. The molecule has 3 nitrogen and oxygen atoms in total. The zero-order valence-corrected chi connectivity index (χ0v) is 15.7. The molecule has 0 radical (unpaired) electrons. The van der Waals surface area contributed by atoms with Gasteiger partial charge >= 0.3 is 0 Å². The molecule has 1 amide bonds. The van der Waals surface area contributed by atoms with Crippen LogP contribution in [0.4, 0.5) is 0 Å². The lowest BCUT2D eigenvalue weighted by Gasteiger charge is -2.44. The summed E-state index contributed by atoms with van der Waals surface area (Å²) in [6.07, 6.45) is 5.53. The molecule has 23 heavy (non-hydrogen) atoms. The lowest BCUT2D eigenvalue weighted by molar-refractivity contribution is -0.140. The maximum absolute atomic E-state index is 11.7. The Labute approximate surface area is 141 Å². The van der Waals surface area contributed by atoms with Crippen LogP contribution < -0.4 is 5.32 Å². The highest BCUT2D eigenvalue weighted by atomic mass is 16.2. The molecule has 2 unspecified atom stereocenters. The van der Waals surface area contributed by atoms with Gasteiger partial charge in [0.1, 0.15) is 5.78 Å². The summed E-state index contributed by atoms with van der Waals surface area (Å²) in [6, 6.07) is 0. The maximum Gasteiger partial charge on any atom is 0.226 e. The number of piperidine rings is 1. The molecule has 0 spiro atoms. The van der Waals surface area contributed by atoms with Gasteiger partial charge in [-0.3, -0.25) is 9.59 Å². The number of ketones is 1. The second kappa shape index (κ2) is 4.83. The van der Waals surface area contributed by atoms with Crippen molar-refractivity contribution >= 4 is 11.7 Å². The average molecular weight is 319 g/mol. The Bertz CT molecular complexity index is 550. The van der Waals surface area contributed by atoms with E-state index in [-0.39, 0.29) is 27.6 Å². The molecule has 0 aromatic rings. The second-order valence-corrected chi connectivity index (χ2v) is 9.92. The number of amides is 1. The zero-order valence-electron chi connectivity index (χ0n) is 15.7. The van der Waals surface area contributed by atoms with Crippen molar-refractivity contribution in [3.63, 3.8) is 0 Å². The van der Waals surface area contributed by atoms with Crippen LogP contribution >= 0.6 is 0 Å². The SMILES string of the molecule is CC1(C)C2CC[C@]1(C)C(=O)C2.CC1(C)C2CC[C@]1(C)C(=O)NC2. The molecule has 3 saturated carbocycles. The summed E-state index contributed by atoms with van der Waals surface area (Å²) in [6.45, 7) is 14.2. The molecule has 1 heterocycles. The number of nitrogens with one attached hydrogen (secondary N) is 1. The molecule has 0 aromatic heterocycles. The summed E-state index contributed by atoms with van der Waals surface area (Å²) in [7, 11) is 0. The Morgan fingerprint density at radius 3 is 1.74 bits per heavy atom. The summed E-state index contributed by atoms with van der Waals surface area (Å²) in [5.74, 6) is 2.15. The van der Waals surface area contributed by atoms with Gasteiger partial charge in [0.15, 0.2) is 0 Å². The molecule has 0 aromatic carbocycles. The minimum Gasteiger partial charge on any atom is -0.355 e. The van der Waals surface area contributed by atoms with Crippen molar-refractivity contribution in [2.24, 2.45) is 33.5 Å². The van der Waals surface area contributed by atoms with Gasteiger partial charge < -0.3 is 5.32 Å². The van der Waals surface area contributed by atoms with E-state index < -0.39 is 0 Å². The van der Waals surface area contributed by atoms with E-state index in [1.807, 2.05) is 0 Å². The van der Waals surface area contributed by atoms with E-state index in [0.29, 0.717) is 17.6 Å². The molecule has 4 aliphatic rings. The first kappa shape index (κ1) is 17.0. The Balaban J connectivity index is 0.000000136. The lowest BCUT2D eigenvalue weighted by atomic mass is 9.63. The van der Waals surface area contributed by atoms with Gasteiger partial charge in [-0.05, 0) is 48.3 Å². The standard InChI is InChI=1S/C10H17NO.C10H16O/c1-9(2)7-4-5-10(9,3)8(12)11-6-7;1-9(2)7-4-5-10(9,3)8(11)6-7/h7H,4-6H2,1-3H3,(H,11,12);7H,4-6H2,1-3H3/t2*7?,10-/m11/s1. The van der Waals surface area contributed by atoms with Gasteiger partial charge in [0.05, 0.1) is 5.41 Å². The van der Waals surface area contributed by atoms with Gasteiger partial charge in [0, 0.05) is 18.4 Å². The van der Waals surface area contributed by atoms with E-state index in [2.05, 4.69) is 46.9 Å². The number of carbonyl (C=O) groups excluding carboxylic acids is 2. The topological polar surface area (TPSA) is 46.2 Å². The fourth-order valence-electron chi connectivity index (χ4n) is 5.67. The largest absolute Gasteiger partial charge is 0.355 e. The van der Waals surface area contributed by atoms with Crippen molar-refractivity contribution < 1.29 is 9.59 Å². The van der Waals surface area contributed by atoms with Crippen LogP contribution in [-0.4, -0.2) is 18.2 Å². The van der Waals surface area contributed by atoms with E-state index in [1.165, 1.54) is 12.8 Å². The van der Waals surface area contributed by atoms with Crippen LogP contribution in [0.3, 0.4) is 0 Å². The minimum atomic E-state index is -0.101. The summed E-state index contributed by atoms with van der Waals surface area (Å²) in [5.41, 5.74) is 0.410. The Kier molecular flexibility index (Phi) is 3.56. The van der Waals surface area contributed by atoms with Gasteiger partial charge in [-0.15, -0.1) is 0 Å². The van der Waals surface area contributed by atoms with E-state index in [1.54, 1.807) is 0 Å². The van der Waals surface area contributed by atoms with Crippen LogP contribution in [0.2, 0.25) is 0 Å². The number of Topliss-reactive ketones (excluding diaryl/α,β-unsaturated/α-hetero) is 1. The molecule has 1 N–H and O–H groups in total. The number of hydrogen-bond donors (Lipinski definition) is 1. The zero-order chi connectivity index (χ0) is 17.3. The van der Waals surface area contributed by atoms with Crippen molar-refractivity contribution in [1.82, 2.24) is 5.32 Å². The smallest absolute Gasteiger partial charge is 0.226 e. The van der Waals surface area contributed by atoms with Crippen molar-refractivity contribution in [3.8, 4) is 0 Å². The summed E-state index contributed by atoms with van der Waals surface area (Å²) in [5, 5.41) is 3.00. The first-order valence-corrected chi connectivity index (χ1v) is 9.28. The monoisotopic (exact) mass is 319 g/mol. The first-order chi connectivity index (χ1) is 10.5. The Morgan fingerprint density at radius 2 is 1.35 bits per heavy atom. The Hall–Kier alpha value is -0.860. The molecule has 4 atom stereocenters. The third-order valence-corrected chi connectivity index (χ3v) is 8.93. The van der Waals surface area contributed by atoms with Crippen LogP contribution in [-0.2, 0) is 9.59 Å². The number of carbonyl (C=O) groups is 2. The van der Waals surface area contributed by atoms with Gasteiger partial charge in [-0.1, -0.05) is 41.5 Å². The highest BCUT2D eigenvalue weighted by molar-refractivity contribution is 5.89. The fraction of sp³-hybridized carbons (Fsp3) is 0.900. The third kappa shape index (κ3) is 2.01. The van der Waals surface area contributed by atoms with Crippen molar-refractivity contribution in [2.75, 3.05) is 6.54 Å². The number of hydrogen-bond acceptors (Lipinski definition) is 2. The molecule has 4 bridgehead atoms. The molecule has 3 heteroatoms. The van der Waals surface area contributed by atoms with Crippen molar-refractivity contribution in [1.29, 1.82) is 0 Å². The maximum atomic E-state index is 11.7. The predicted octanol–water partition coefficient (Wildman–Crippen LogP) is 3.96. The summed E-state index contributed by atoms with van der Waals surface area (Å²) < 4.78 is 0. The average Bonchev–Trinajstić information content (AvgIpc) is 2.82. The van der Waals surface area contributed by atoms with E-state index in [9.17, 15) is 9.59 Å². The van der Waals surface area contributed by atoms with Crippen LogP contribution in [0, 0.1) is 33.5 Å². The van der Waals surface area contributed by atoms with E-state index in [0.717, 1.165) is 25.8 Å². The second-order valence-electron chi connectivity index (χ2n) is 9.92. The molecule has 1 saturated heterocycles. The quantitative estimate of drug-likeness (QED) is 0.734. The number of rotatable bonds is 0. The highest BCUT2D eigenvalue weighted by Gasteiger charge is 2.61. The first-order valence-electron chi connectivity index (χ1n) is 9.28. The van der Waals surface area contributed by atoms with Crippen LogP contribution in [0.1, 0.15) is 73.6 Å². The van der Waals surface area contributed by atoms with Gasteiger partial charge in [0.2, 0.25) is 5.91 Å². The molecule has 4 rings (SSSR count). The third-order valence-electron chi connectivity index (χ3n) is 8.93. The van der Waals surface area contributed by atoms with Crippen LogP contribution in [0.25, 0.3) is 0 Å². The molecule has 130 valence electrons. The van der Waals surface area contributed by atoms with E-state index in [4.69, 9.17) is 0 Å². The fourth-order valence-corrected chi connectivity index (χ4v) is 5.67. The molecule has 4 fully saturated rings. The normalized spacial score (nSPS) is 45.5. The summed E-state index contributed by atoms with van der Waals surface area (Å²) in [4.78, 5) is 23.3.